The minimum Gasteiger partial charge on any atom is -0.379 e. The molecule has 0 saturated carbocycles. The van der Waals surface area contributed by atoms with Crippen LogP contribution in [-0.2, 0) is 16.1 Å². The van der Waals surface area contributed by atoms with E-state index in [2.05, 4.69) is 44.8 Å². The quantitative estimate of drug-likeness (QED) is 0.723. The number of benzene rings is 1. The third-order valence-electron chi connectivity index (χ3n) is 6.08. The molecule has 2 aromatic rings. The minimum absolute atomic E-state index is 0.0391. The molecular weight excluding hydrogens is 366 g/mol. The number of carbonyl (C=O) groups excluding carboxylic acids is 1. The second-order valence-electron chi connectivity index (χ2n) is 8.03. The van der Waals surface area contributed by atoms with E-state index >= 15 is 0 Å². The summed E-state index contributed by atoms with van der Waals surface area (Å²) in [4.78, 5) is 22.3. The van der Waals surface area contributed by atoms with Crippen LogP contribution in [0.15, 0.2) is 24.3 Å². The van der Waals surface area contributed by atoms with Gasteiger partial charge in [0, 0.05) is 39.3 Å². The predicted octanol–water partition coefficient (Wildman–Crippen LogP) is 2.11. The first-order chi connectivity index (χ1) is 14.3. The van der Waals surface area contributed by atoms with Gasteiger partial charge in [0.1, 0.15) is 0 Å². The van der Waals surface area contributed by atoms with Gasteiger partial charge in [-0.05, 0) is 44.9 Å². The van der Waals surface area contributed by atoms with Gasteiger partial charge in [0.2, 0.25) is 11.9 Å². The van der Waals surface area contributed by atoms with E-state index in [1.165, 1.54) is 5.52 Å². The summed E-state index contributed by atoms with van der Waals surface area (Å²) in [5, 5.41) is 3.17. The van der Waals surface area contributed by atoms with Crippen LogP contribution in [0.1, 0.15) is 26.2 Å². The summed E-state index contributed by atoms with van der Waals surface area (Å²) in [7, 11) is 0. The van der Waals surface area contributed by atoms with E-state index in [0.29, 0.717) is 0 Å². The van der Waals surface area contributed by atoms with Crippen molar-refractivity contribution in [3.8, 4) is 0 Å². The first-order valence-electron chi connectivity index (χ1n) is 11.0. The van der Waals surface area contributed by atoms with Gasteiger partial charge in [-0.15, -0.1) is 0 Å². The molecule has 4 rings (SSSR count). The monoisotopic (exact) mass is 399 g/mol. The number of rotatable bonds is 7. The largest absolute Gasteiger partial charge is 0.379 e. The van der Waals surface area contributed by atoms with Crippen LogP contribution in [0.4, 0.5) is 5.95 Å². The molecule has 7 nitrogen and oxygen atoms in total. The van der Waals surface area contributed by atoms with Gasteiger partial charge in [-0.25, -0.2) is 4.98 Å². The first-order valence-corrected chi connectivity index (χ1v) is 11.0. The zero-order valence-corrected chi connectivity index (χ0v) is 17.5. The third-order valence-corrected chi connectivity index (χ3v) is 6.08. The number of aromatic nitrogens is 2. The Morgan fingerprint density at radius 2 is 2.07 bits per heavy atom. The lowest BCUT2D eigenvalue weighted by Crippen LogP contribution is -2.44. The van der Waals surface area contributed by atoms with E-state index < -0.39 is 0 Å². The van der Waals surface area contributed by atoms with E-state index in [9.17, 15) is 4.79 Å². The number of carbonyl (C=O) groups is 1. The van der Waals surface area contributed by atoms with Crippen LogP contribution in [0.3, 0.4) is 0 Å². The van der Waals surface area contributed by atoms with Gasteiger partial charge in [0.25, 0.3) is 0 Å². The second-order valence-corrected chi connectivity index (χ2v) is 8.03. The summed E-state index contributed by atoms with van der Waals surface area (Å²) in [6.07, 6.45) is 2.98. The van der Waals surface area contributed by atoms with Gasteiger partial charge in [-0.2, -0.15) is 0 Å². The summed E-state index contributed by atoms with van der Waals surface area (Å²) in [5.74, 6) is 1.23. The number of imidazole rings is 1. The van der Waals surface area contributed by atoms with Crippen molar-refractivity contribution < 1.29 is 9.53 Å². The molecule has 0 unspecified atom stereocenters. The molecule has 2 aliphatic heterocycles. The number of hydrogen-bond acceptors (Lipinski definition) is 5. The molecule has 2 aliphatic rings. The molecule has 158 valence electrons. The standard InChI is InChI=1S/C22H33N5O2/c1-2-27-20-9-4-3-8-19(20)24-22(27)26-12-5-7-18(17-26)21(28)23-10-6-11-25-13-15-29-16-14-25/h3-4,8-9,18H,2,5-7,10-17H2,1H3,(H,23,28)/t18-/m0/s1. The van der Waals surface area contributed by atoms with Crippen LogP contribution < -0.4 is 10.2 Å². The molecule has 0 aliphatic carbocycles. The number of ether oxygens (including phenoxy) is 1. The lowest BCUT2D eigenvalue weighted by atomic mass is 9.97. The number of anilines is 1. The van der Waals surface area contributed by atoms with Crippen molar-refractivity contribution >= 4 is 22.9 Å². The van der Waals surface area contributed by atoms with Crippen molar-refractivity contribution in [2.24, 2.45) is 5.92 Å². The summed E-state index contributed by atoms with van der Waals surface area (Å²) in [6.45, 7) is 10.2. The van der Waals surface area contributed by atoms with Gasteiger partial charge in [0.05, 0.1) is 30.2 Å². The molecule has 0 spiro atoms. The zero-order valence-electron chi connectivity index (χ0n) is 17.5. The summed E-state index contributed by atoms with van der Waals surface area (Å²) < 4.78 is 7.64. The number of amides is 1. The molecule has 0 bridgehead atoms. The van der Waals surface area contributed by atoms with E-state index in [4.69, 9.17) is 9.72 Å². The van der Waals surface area contributed by atoms with Crippen molar-refractivity contribution in [3.63, 3.8) is 0 Å². The summed E-state index contributed by atoms with van der Waals surface area (Å²) >= 11 is 0. The first kappa shape index (κ1) is 20.2. The van der Waals surface area contributed by atoms with Crippen molar-refractivity contribution in [2.45, 2.75) is 32.7 Å². The van der Waals surface area contributed by atoms with Crippen LogP contribution >= 0.6 is 0 Å². The molecule has 1 amide bonds. The van der Waals surface area contributed by atoms with Crippen LogP contribution in [-0.4, -0.2) is 72.8 Å². The van der Waals surface area contributed by atoms with Gasteiger partial charge in [-0.1, -0.05) is 12.1 Å². The lowest BCUT2D eigenvalue weighted by Gasteiger charge is -2.33. The number of para-hydroxylation sites is 2. The number of nitrogens with one attached hydrogen (secondary N) is 1. The molecule has 1 aromatic carbocycles. The van der Waals surface area contributed by atoms with Crippen molar-refractivity contribution in [3.05, 3.63) is 24.3 Å². The normalized spacial score (nSPS) is 20.9. The van der Waals surface area contributed by atoms with Crippen molar-refractivity contribution in [2.75, 3.05) is 57.4 Å². The van der Waals surface area contributed by atoms with Crippen molar-refractivity contribution in [1.29, 1.82) is 0 Å². The Hall–Kier alpha value is -2.12. The molecule has 29 heavy (non-hydrogen) atoms. The van der Waals surface area contributed by atoms with E-state index in [-0.39, 0.29) is 11.8 Å². The Morgan fingerprint density at radius 3 is 2.90 bits per heavy atom. The number of piperidine rings is 1. The fraction of sp³-hybridized carbons (Fsp3) is 0.636. The van der Waals surface area contributed by atoms with Gasteiger partial charge in [-0.3, -0.25) is 9.69 Å². The second kappa shape index (κ2) is 9.59. The van der Waals surface area contributed by atoms with Crippen LogP contribution in [0.2, 0.25) is 0 Å². The van der Waals surface area contributed by atoms with Crippen LogP contribution in [0.25, 0.3) is 11.0 Å². The average Bonchev–Trinajstić information content (AvgIpc) is 3.16. The maximum Gasteiger partial charge on any atom is 0.224 e. The predicted molar refractivity (Wildman–Crippen MR) is 115 cm³/mol. The molecule has 0 radical (unpaired) electrons. The van der Waals surface area contributed by atoms with E-state index in [1.54, 1.807) is 0 Å². The fourth-order valence-corrected chi connectivity index (χ4v) is 4.47. The third kappa shape index (κ3) is 4.73. The van der Waals surface area contributed by atoms with Gasteiger partial charge in [0.15, 0.2) is 0 Å². The Balaban J connectivity index is 1.31. The molecular formula is C22H33N5O2. The Bertz CT molecular complexity index is 815. The Morgan fingerprint density at radius 1 is 1.24 bits per heavy atom. The highest BCUT2D eigenvalue weighted by molar-refractivity contribution is 5.81. The van der Waals surface area contributed by atoms with E-state index in [1.807, 2.05) is 6.07 Å². The van der Waals surface area contributed by atoms with Crippen LogP contribution in [0, 0.1) is 5.92 Å². The number of fused-ring (bicyclic) bond motifs is 1. The number of morpholine rings is 1. The molecule has 1 aromatic heterocycles. The molecule has 2 fully saturated rings. The molecule has 7 heteroatoms. The highest BCUT2D eigenvalue weighted by Crippen LogP contribution is 2.27. The minimum atomic E-state index is 0.0391. The zero-order chi connectivity index (χ0) is 20.1. The summed E-state index contributed by atoms with van der Waals surface area (Å²) in [5.41, 5.74) is 2.19. The van der Waals surface area contributed by atoms with Crippen LogP contribution in [0.5, 0.6) is 0 Å². The smallest absolute Gasteiger partial charge is 0.224 e. The number of nitrogens with zero attached hydrogens (tertiary/aromatic N) is 4. The maximum absolute atomic E-state index is 12.8. The van der Waals surface area contributed by atoms with Gasteiger partial charge >= 0.3 is 0 Å². The van der Waals surface area contributed by atoms with E-state index in [0.717, 1.165) is 89.8 Å². The molecule has 1 atom stereocenters. The number of aryl methyl sites for hydroxylation is 1. The molecule has 2 saturated heterocycles. The SMILES string of the molecule is CCn1c(N2CCC[C@H](C(=O)NCCCN3CCOCC3)C2)nc2ccccc21. The van der Waals surface area contributed by atoms with Gasteiger partial charge < -0.3 is 19.5 Å². The van der Waals surface area contributed by atoms with Crippen molar-refractivity contribution in [1.82, 2.24) is 19.8 Å². The maximum atomic E-state index is 12.8. The topological polar surface area (TPSA) is 62.6 Å². The highest BCUT2D eigenvalue weighted by Gasteiger charge is 2.28. The Kier molecular flexibility index (Phi) is 6.67. The number of hydrogen-bond donors (Lipinski definition) is 1. The summed E-state index contributed by atoms with van der Waals surface area (Å²) in [6, 6.07) is 8.28. The highest BCUT2D eigenvalue weighted by atomic mass is 16.5. The Labute approximate surface area is 173 Å². The lowest BCUT2D eigenvalue weighted by molar-refractivity contribution is -0.125. The average molecular weight is 400 g/mol. The fourth-order valence-electron chi connectivity index (χ4n) is 4.47. The molecule has 1 N–H and O–H groups in total. The molecule has 3 heterocycles.